The number of anilines is 1. The molecule has 0 radical (unpaired) electrons. The standard InChI is InChI=1S/C26H27N5O/c1-18-13-21(14-19(2)26(18)32)20-6-7-23-24(15-20)29-25(16-28-23)31-11-9-30(10-12-31)17-22-5-3-4-8-27-22/h3-8,13-16,32H,9-12,17H2,1-2H3. The Morgan fingerprint density at radius 1 is 0.844 bits per heavy atom. The molecule has 3 heterocycles. The highest BCUT2D eigenvalue weighted by molar-refractivity contribution is 5.82. The Morgan fingerprint density at radius 2 is 1.62 bits per heavy atom. The summed E-state index contributed by atoms with van der Waals surface area (Å²) in [6.45, 7) is 8.53. The fourth-order valence-electron chi connectivity index (χ4n) is 4.31. The van der Waals surface area contributed by atoms with Crippen LogP contribution in [0.4, 0.5) is 5.82 Å². The van der Waals surface area contributed by atoms with E-state index in [1.165, 1.54) is 0 Å². The maximum absolute atomic E-state index is 10.1. The van der Waals surface area contributed by atoms with Crippen LogP contribution in [0.15, 0.2) is 60.9 Å². The third kappa shape index (κ3) is 4.14. The summed E-state index contributed by atoms with van der Waals surface area (Å²) in [5, 5.41) is 10.1. The molecule has 0 amide bonds. The molecular weight excluding hydrogens is 398 g/mol. The van der Waals surface area contributed by atoms with E-state index < -0.39 is 0 Å². The van der Waals surface area contributed by atoms with Gasteiger partial charge in [-0.05, 0) is 72.5 Å². The number of hydrogen-bond acceptors (Lipinski definition) is 6. The highest BCUT2D eigenvalue weighted by Gasteiger charge is 2.19. The second-order valence-corrected chi connectivity index (χ2v) is 8.47. The molecule has 0 atom stereocenters. The van der Waals surface area contributed by atoms with Crippen LogP contribution >= 0.6 is 0 Å². The molecule has 1 saturated heterocycles. The minimum absolute atomic E-state index is 0.360. The fraction of sp³-hybridized carbons (Fsp3) is 0.269. The lowest BCUT2D eigenvalue weighted by Crippen LogP contribution is -2.46. The molecule has 32 heavy (non-hydrogen) atoms. The molecule has 0 aliphatic carbocycles. The Balaban J connectivity index is 1.34. The molecule has 1 aliphatic heterocycles. The van der Waals surface area contributed by atoms with Crippen LogP contribution in [0, 0.1) is 13.8 Å². The van der Waals surface area contributed by atoms with Crippen molar-refractivity contribution >= 4 is 16.9 Å². The number of aryl methyl sites for hydroxylation is 2. The summed E-state index contributed by atoms with van der Waals surface area (Å²) in [6, 6.07) is 16.3. The highest BCUT2D eigenvalue weighted by Crippen LogP contribution is 2.30. The topological polar surface area (TPSA) is 65.4 Å². The minimum Gasteiger partial charge on any atom is -0.507 e. The van der Waals surface area contributed by atoms with Gasteiger partial charge in [0, 0.05) is 38.9 Å². The lowest BCUT2D eigenvalue weighted by Gasteiger charge is -2.35. The summed E-state index contributed by atoms with van der Waals surface area (Å²) in [5.41, 5.74) is 6.80. The zero-order valence-electron chi connectivity index (χ0n) is 18.5. The van der Waals surface area contributed by atoms with Crippen molar-refractivity contribution in [2.24, 2.45) is 0 Å². The number of pyridine rings is 1. The average molecular weight is 426 g/mol. The van der Waals surface area contributed by atoms with Gasteiger partial charge in [-0.15, -0.1) is 0 Å². The zero-order valence-corrected chi connectivity index (χ0v) is 18.5. The summed E-state index contributed by atoms with van der Waals surface area (Å²) in [6.07, 6.45) is 3.73. The van der Waals surface area contributed by atoms with E-state index in [0.29, 0.717) is 5.75 Å². The largest absolute Gasteiger partial charge is 0.507 e. The molecule has 6 nitrogen and oxygen atoms in total. The van der Waals surface area contributed by atoms with Crippen LogP contribution in [0.3, 0.4) is 0 Å². The van der Waals surface area contributed by atoms with Gasteiger partial charge in [-0.25, -0.2) is 4.98 Å². The minimum atomic E-state index is 0.360. The molecule has 6 heteroatoms. The van der Waals surface area contributed by atoms with Crippen molar-refractivity contribution in [3.8, 4) is 16.9 Å². The summed E-state index contributed by atoms with van der Waals surface area (Å²) in [4.78, 5) is 18.8. The number of aromatic nitrogens is 3. The Morgan fingerprint density at radius 3 is 2.34 bits per heavy atom. The van der Waals surface area contributed by atoms with Gasteiger partial charge >= 0.3 is 0 Å². The molecule has 162 valence electrons. The second-order valence-electron chi connectivity index (χ2n) is 8.47. The number of piperazine rings is 1. The molecule has 0 spiro atoms. The Kier molecular flexibility index (Phi) is 5.45. The molecular formula is C26H27N5O. The number of fused-ring (bicyclic) bond motifs is 1. The van der Waals surface area contributed by atoms with E-state index in [0.717, 1.165) is 77.5 Å². The Hall–Kier alpha value is -3.51. The van der Waals surface area contributed by atoms with Crippen LogP contribution < -0.4 is 4.90 Å². The molecule has 1 fully saturated rings. The van der Waals surface area contributed by atoms with E-state index in [1.54, 1.807) is 0 Å². The lowest BCUT2D eigenvalue weighted by atomic mass is 9.99. The molecule has 0 unspecified atom stereocenters. The van der Waals surface area contributed by atoms with Gasteiger partial charge in [0.1, 0.15) is 11.6 Å². The van der Waals surface area contributed by atoms with E-state index in [1.807, 2.05) is 56.6 Å². The predicted molar refractivity (Wildman–Crippen MR) is 128 cm³/mol. The molecule has 1 aliphatic rings. The van der Waals surface area contributed by atoms with E-state index in [9.17, 15) is 5.11 Å². The number of aromatic hydroxyl groups is 1. The second kappa shape index (κ2) is 8.55. The summed E-state index contributed by atoms with van der Waals surface area (Å²) < 4.78 is 0. The van der Waals surface area contributed by atoms with Crippen molar-refractivity contribution in [1.29, 1.82) is 0 Å². The maximum atomic E-state index is 10.1. The number of hydrogen-bond donors (Lipinski definition) is 1. The summed E-state index contributed by atoms with van der Waals surface area (Å²) >= 11 is 0. The Labute approximate surface area is 188 Å². The highest BCUT2D eigenvalue weighted by atomic mass is 16.3. The van der Waals surface area contributed by atoms with Gasteiger partial charge in [0.2, 0.25) is 0 Å². The van der Waals surface area contributed by atoms with Gasteiger partial charge < -0.3 is 10.0 Å². The number of phenolic OH excluding ortho intramolecular Hbond substituents is 1. The van der Waals surface area contributed by atoms with Crippen molar-refractivity contribution in [2.75, 3.05) is 31.1 Å². The maximum Gasteiger partial charge on any atom is 0.147 e. The van der Waals surface area contributed by atoms with Crippen molar-refractivity contribution in [1.82, 2.24) is 19.9 Å². The smallest absolute Gasteiger partial charge is 0.147 e. The summed E-state index contributed by atoms with van der Waals surface area (Å²) in [5.74, 6) is 1.28. The first-order chi connectivity index (χ1) is 15.6. The predicted octanol–water partition coefficient (Wildman–Crippen LogP) is 4.34. The van der Waals surface area contributed by atoms with Crippen LogP contribution in [0.5, 0.6) is 5.75 Å². The summed E-state index contributed by atoms with van der Waals surface area (Å²) in [7, 11) is 0. The van der Waals surface area contributed by atoms with Crippen LogP contribution in [0.25, 0.3) is 22.2 Å². The van der Waals surface area contributed by atoms with Gasteiger partial charge in [-0.1, -0.05) is 12.1 Å². The number of phenols is 1. The van der Waals surface area contributed by atoms with E-state index in [2.05, 4.69) is 38.0 Å². The van der Waals surface area contributed by atoms with Crippen molar-refractivity contribution in [3.05, 3.63) is 77.7 Å². The number of benzene rings is 2. The lowest BCUT2D eigenvalue weighted by molar-refractivity contribution is 0.246. The van der Waals surface area contributed by atoms with Crippen LogP contribution in [-0.4, -0.2) is 51.1 Å². The van der Waals surface area contributed by atoms with Crippen LogP contribution in [-0.2, 0) is 6.54 Å². The van der Waals surface area contributed by atoms with E-state index in [4.69, 9.17) is 4.98 Å². The molecule has 0 saturated carbocycles. The molecule has 0 bridgehead atoms. The van der Waals surface area contributed by atoms with Crippen LogP contribution in [0.1, 0.15) is 16.8 Å². The zero-order chi connectivity index (χ0) is 22.1. The normalized spacial score (nSPS) is 14.8. The first-order valence-corrected chi connectivity index (χ1v) is 11.0. The first kappa shape index (κ1) is 20.4. The van der Waals surface area contributed by atoms with Gasteiger partial charge in [0.05, 0.1) is 22.9 Å². The molecule has 1 N–H and O–H groups in total. The molecule has 4 aromatic rings. The van der Waals surface area contributed by atoms with E-state index >= 15 is 0 Å². The van der Waals surface area contributed by atoms with Gasteiger partial charge in [0.15, 0.2) is 0 Å². The molecule has 5 rings (SSSR count). The number of nitrogens with zero attached hydrogens (tertiary/aromatic N) is 5. The monoisotopic (exact) mass is 425 g/mol. The van der Waals surface area contributed by atoms with Gasteiger partial charge in [0.25, 0.3) is 0 Å². The van der Waals surface area contributed by atoms with E-state index in [-0.39, 0.29) is 0 Å². The SMILES string of the molecule is Cc1cc(-c2ccc3ncc(N4CCN(Cc5ccccn5)CC4)nc3c2)cc(C)c1O. The van der Waals surface area contributed by atoms with Crippen molar-refractivity contribution in [3.63, 3.8) is 0 Å². The molecule has 2 aromatic heterocycles. The third-order valence-electron chi connectivity index (χ3n) is 6.16. The first-order valence-electron chi connectivity index (χ1n) is 11.0. The fourth-order valence-corrected chi connectivity index (χ4v) is 4.31. The van der Waals surface area contributed by atoms with Crippen LogP contribution in [0.2, 0.25) is 0 Å². The quantitative estimate of drug-likeness (QED) is 0.525. The number of rotatable bonds is 4. The van der Waals surface area contributed by atoms with Crippen molar-refractivity contribution < 1.29 is 5.11 Å². The third-order valence-corrected chi connectivity index (χ3v) is 6.16. The van der Waals surface area contributed by atoms with Gasteiger partial charge in [-0.2, -0.15) is 0 Å². The average Bonchev–Trinajstić information content (AvgIpc) is 2.82. The van der Waals surface area contributed by atoms with Crippen molar-refractivity contribution in [2.45, 2.75) is 20.4 Å². The van der Waals surface area contributed by atoms with Gasteiger partial charge in [-0.3, -0.25) is 14.9 Å². The molecule has 2 aromatic carbocycles. The Bertz CT molecular complexity index is 1230.